The molecule has 0 N–H and O–H groups in total. The van der Waals surface area contributed by atoms with E-state index < -0.39 is 13.4 Å². The second-order valence-electron chi connectivity index (χ2n) is 5.28. The van der Waals surface area contributed by atoms with E-state index in [1.54, 1.807) is 24.3 Å². The standard InChI is InChI=1S/C14H15ClNO4P.2K/c15-9-5-7-10(8-6-9)16-13(17)11-3-1-2-4-12(11)14(16)21(18,19)20;;/h5-8,14H,1-4H2,(H2,18,19,20);;/q;2*+1/p-2. The molecule has 1 aliphatic heterocycles. The van der Waals surface area contributed by atoms with Gasteiger partial charge in [-0.05, 0) is 63.1 Å². The van der Waals surface area contributed by atoms with Crippen LogP contribution in [0.3, 0.4) is 0 Å². The Kier molecular flexibility index (Phi) is 9.45. The molecule has 1 atom stereocenters. The molecule has 1 aromatic carbocycles. The zero-order chi connectivity index (χ0) is 15.2. The topological polar surface area (TPSA) is 83.5 Å². The van der Waals surface area contributed by atoms with Crippen LogP contribution in [0.4, 0.5) is 5.69 Å². The van der Waals surface area contributed by atoms with Gasteiger partial charge in [0.15, 0.2) is 0 Å². The molecule has 0 saturated carbocycles. The van der Waals surface area contributed by atoms with Gasteiger partial charge in [0.25, 0.3) is 5.91 Å². The molecule has 0 fully saturated rings. The normalized spacial score (nSPS) is 20.7. The van der Waals surface area contributed by atoms with Crippen LogP contribution in [0, 0.1) is 0 Å². The summed E-state index contributed by atoms with van der Waals surface area (Å²) in [6.07, 6.45) is 2.67. The number of hydrogen-bond donors (Lipinski definition) is 0. The molecule has 5 nitrogen and oxygen atoms in total. The fourth-order valence-corrected chi connectivity index (χ4v) is 4.38. The van der Waals surface area contributed by atoms with Crippen LogP contribution < -0.4 is 117 Å². The van der Waals surface area contributed by atoms with Crippen LogP contribution in [0.1, 0.15) is 25.7 Å². The van der Waals surface area contributed by atoms with Crippen molar-refractivity contribution in [2.24, 2.45) is 0 Å². The molecule has 1 aliphatic carbocycles. The van der Waals surface area contributed by atoms with Crippen LogP contribution in [0.25, 0.3) is 0 Å². The van der Waals surface area contributed by atoms with Crippen LogP contribution in [-0.2, 0) is 9.36 Å². The van der Waals surface area contributed by atoms with E-state index in [4.69, 9.17) is 11.6 Å². The second kappa shape index (κ2) is 9.37. The molecule has 112 valence electrons. The molecule has 0 radical (unpaired) electrons. The number of benzene rings is 1. The van der Waals surface area contributed by atoms with Crippen molar-refractivity contribution in [1.29, 1.82) is 0 Å². The van der Waals surface area contributed by atoms with Gasteiger partial charge in [-0.25, -0.2) is 0 Å². The number of hydrogen-bond acceptors (Lipinski definition) is 4. The van der Waals surface area contributed by atoms with E-state index in [2.05, 4.69) is 0 Å². The van der Waals surface area contributed by atoms with Crippen molar-refractivity contribution in [2.75, 3.05) is 4.90 Å². The van der Waals surface area contributed by atoms with Gasteiger partial charge < -0.3 is 14.4 Å². The van der Waals surface area contributed by atoms with Gasteiger partial charge in [0.1, 0.15) is 0 Å². The molecule has 0 aromatic heterocycles. The Hall–Kier alpha value is 2.14. The molecule has 1 unspecified atom stereocenters. The van der Waals surface area contributed by atoms with Gasteiger partial charge in [-0.2, -0.15) is 0 Å². The average Bonchev–Trinajstić information content (AvgIpc) is 2.73. The van der Waals surface area contributed by atoms with Crippen molar-refractivity contribution in [1.82, 2.24) is 0 Å². The monoisotopic (exact) mass is 403 g/mol. The van der Waals surface area contributed by atoms with Crippen molar-refractivity contribution in [3.63, 3.8) is 0 Å². The Bertz CT molecular complexity index is 674. The Morgan fingerprint density at radius 3 is 2.22 bits per heavy atom. The van der Waals surface area contributed by atoms with Crippen molar-refractivity contribution >= 4 is 30.8 Å². The van der Waals surface area contributed by atoms with Crippen molar-refractivity contribution in [3.8, 4) is 0 Å². The molecular formula is C14H13ClK2NO4P. The predicted molar refractivity (Wildman–Crippen MR) is 75.8 cm³/mol. The predicted octanol–water partition coefficient (Wildman–Crippen LogP) is -4.19. The Morgan fingerprint density at radius 2 is 1.65 bits per heavy atom. The SMILES string of the molecule is O=C1C2=C(CCCC2)C(P(=O)([O-])[O-])N1c1ccc(Cl)cc1.[K+].[K+]. The Morgan fingerprint density at radius 1 is 1.09 bits per heavy atom. The molecule has 2 aliphatic rings. The first-order valence-electron chi connectivity index (χ1n) is 6.72. The maximum Gasteiger partial charge on any atom is 1.00 e. The molecule has 0 bridgehead atoms. The summed E-state index contributed by atoms with van der Waals surface area (Å²) in [4.78, 5) is 37.0. The zero-order valence-electron chi connectivity index (χ0n) is 13.1. The molecule has 1 heterocycles. The third-order valence-corrected chi connectivity index (χ3v) is 5.34. The minimum atomic E-state index is -4.96. The number of nitrogens with zero attached hydrogens (tertiary/aromatic N) is 1. The van der Waals surface area contributed by atoms with E-state index in [1.807, 2.05) is 0 Å². The third kappa shape index (κ3) is 4.90. The number of carbonyl (C=O) groups excluding carboxylic acids is 1. The Labute approximate surface area is 225 Å². The first kappa shape index (κ1) is 23.2. The fourth-order valence-electron chi connectivity index (χ4n) is 3.06. The quantitative estimate of drug-likeness (QED) is 0.370. The van der Waals surface area contributed by atoms with Crippen LogP contribution in [0.5, 0.6) is 0 Å². The van der Waals surface area contributed by atoms with E-state index >= 15 is 0 Å². The van der Waals surface area contributed by atoms with Crippen molar-refractivity contribution in [2.45, 2.75) is 31.5 Å². The number of amides is 1. The summed E-state index contributed by atoms with van der Waals surface area (Å²) in [5.74, 6) is -1.76. The molecule has 3 rings (SSSR count). The molecule has 23 heavy (non-hydrogen) atoms. The molecule has 1 amide bonds. The summed E-state index contributed by atoms with van der Waals surface area (Å²) >= 11 is 5.81. The van der Waals surface area contributed by atoms with Crippen LogP contribution in [-0.4, -0.2) is 11.7 Å². The molecule has 1 aromatic rings. The van der Waals surface area contributed by atoms with Crippen molar-refractivity contribution < 1.29 is 122 Å². The number of carbonyl (C=O) groups is 1. The van der Waals surface area contributed by atoms with Gasteiger partial charge >= 0.3 is 103 Å². The number of anilines is 1. The largest absolute Gasteiger partial charge is 1.00 e. The van der Waals surface area contributed by atoms with Gasteiger partial charge in [0.2, 0.25) is 0 Å². The zero-order valence-corrected chi connectivity index (χ0v) is 21.0. The third-order valence-electron chi connectivity index (χ3n) is 3.95. The Balaban J connectivity index is 0.00000132. The van der Waals surface area contributed by atoms with Gasteiger partial charge in [0, 0.05) is 16.3 Å². The molecule has 0 spiro atoms. The summed E-state index contributed by atoms with van der Waals surface area (Å²) in [7, 11) is -4.96. The fraction of sp³-hybridized carbons (Fsp3) is 0.357. The first-order valence-corrected chi connectivity index (χ1v) is 8.71. The van der Waals surface area contributed by atoms with Gasteiger partial charge in [-0.3, -0.25) is 9.69 Å². The molecule has 9 heteroatoms. The van der Waals surface area contributed by atoms with Gasteiger partial charge in [0.05, 0.1) is 5.78 Å². The summed E-state index contributed by atoms with van der Waals surface area (Å²) < 4.78 is 11.7. The van der Waals surface area contributed by atoms with Crippen LogP contribution in [0.2, 0.25) is 5.02 Å². The van der Waals surface area contributed by atoms with E-state index in [0.29, 0.717) is 34.7 Å². The molecule has 0 saturated heterocycles. The second-order valence-corrected chi connectivity index (χ2v) is 7.28. The first-order chi connectivity index (χ1) is 9.89. The minimum Gasteiger partial charge on any atom is -0.809 e. The average molecular weight is 404 g/mol. The van der Waals surface area contributed by atoms with Gasteiger partial charge in [-0.15, -0.1) is 0 Å². The summed E-state index contributed by atoms with van der Waals surface area (Å²) in [5.41, 5.74) is 1.36. The minimum absolute atomic E-state index is 0. The van der Waals surface area contributed by atoms with E-state index in [9.17, 15) is 19.1 Å². The maximum atomic E-state index is 12.5. The summed E-state index contributed by atoms with van der Waals surface area (Å²) in [6.45, 7) is 0. The maximum absolute atomic E-state index is 12.5. The van der Waals surface area contributed by atoms with E-state index in [1.165, 1.54) is 0 Å². The van der Waals surface area contributed by atoms with E-state index in [0.717, 1.165) is 17.7 Å². The van der Waals surface area contributed by atoms with Crippen LogP contribution in [0.15, 0.2) is 35.4 Å². The van der Waals surface area contributed by atoms with Crippen molar-refractivity contribution in [3.05, 3.63) is 40.4 Å². The van der Waals surface area contributed by atoms with Gasteiger partial charge in [-0.1, -0.05) is 11.6 Å². The number of halogens is 1. The number of rotatable bonds is 2. The summed E-state index contributed by atoms with van der Waals surface area (Å²) in [5, 5.41) is 0.479. The van der Waals surface area contributed by atoms with Crippen LogP contribution >= 0.6 is 19.2 Å². The smallest absolute Gasteiger partial charge is 0.809 e. The van der Waals surface area contributed by atoms with E-state index in [-0.39, 0.29) is 109 Å². The molecular weight excluding hydrogens is 391 g/mol. The summed E-state index contributed by atoms with van der Waals surface area (Å²) in [6, 6.07) is 6.25.